The van der Waals surface area contributed by atoms with Gasteiger partial charge < -0.3 is 15.5 Å². The van der Waals surface area contributed by atoms with Crippen LogP contribution in [-0.2, 0) is 16.0 Å². The van der Waals surface area contributed by atoms with E-state index in [2.05, 4.69) is 14.7 Å². The summed E-state index contributed by atoms with van der Waals surface area (Å²) in [6, 6.07) is 0.582. The lowest BCUT2D eigenvalue weighted by atomic mass is 10.1. The molecule has 20 heavy (non-hydrogen) atoms. The van der Waals surface area contributed by atoms with E-state index in [4.69, 9.17) is 5.73 Å². The van der Waals surface area contributed by atoms with E-state index in [1.165, 1.54) is 0 Å². The number of hydrogen-bond acceptors (Lipinski definition) is 4. The van der Waals surface area contributed by atoms with E-state index >= 15 is 0 Å². The van der Waals surface area contributed by atoms with Gasteiger partial charge in [-0.2, -0.15) is 13.2 Å². The largest absolute Gasteiger partial charge is 0.455 e. The second-order valence-corrected chi connectivity index (χ2v) is 4.27. The number of ether oxygens (including phenoxy) is 1. The Bertz CT molecular complexity index is 609. The van der Waals surface area contributed by atoms with Crippen LogP contribution in [0.15, 0.2) is 24.7 Å². The van der Waals surface area contributed by atoms with Crippen LogP contribution in [0.4, 0.5) is 13.2 Å². The number of fused-ring (bicyclic) bond motifs is 1. The van der Waals surface area contributed by atoms with Crippen LogP contribution in [0.1, 0.15) is 5.56 Å². The van der Waals surface area contributed by atoms with Gasteiger partial charge >= 0.3 is 12.1 Å². The standard InChI is InChI=1S/C12H12F3N3O2/c13-12(14,15)6-20-11(19)9(16)3-7-4-18-10-5-17-2-1-8(7)10/h1-2,4-5,9,18H,3,6,16H2/t9-/m0/s1. The second-order valence-electron chi connectivity index (χ2n) is 4.27. The van der Waals surface area contributed by atoms with Crippen LogP contribution in [0.25, 0.3) is 10.9 Å². The van der Waals surface area contributed by atoms with Crippen molar-refractivity contribution in [1.29, 1.82) is 0 Å². The number of nitrogens with one attached hydrogen (secondary N) is 1. The minimum absolute atomic E-state index is 0.0840. The van der Waals surface area contributed by atoms with Gasteiger partial charge in [0.15, 0.2) is 6.61 Å². The Labute approximate surface area is 111 Å². The molecule has 0 amide bonds. The zero-order valence-corrected chi connectivity index (χ0v) is 10.3. The fourth-order valence-electron chi connectivity index (χ4n) is 1.78. The first kappa shape index (κ1) is 14.3. The molecule has 5 nitrogen and oxygen atoms in total. The number of carbonyl (C=O) groups excluding carboxylic acids is 1. The molecule has 2 aromatic rings. The lowest BCUT2D eigenvalue weighted by Crippen LogP contribution is -2.36. The normalized spacial score (nSPS) is 13.4. The van der Waals surface area contributed by atoms with Crippen LogP contribution < -0.4 is 5.73 Å². The number of H-pyrrole nitrogens is 1. The third-order valence-corrected chi connectivity index (χ3v) is 2.69. The number of nitrogens with two attached hydrogens (primary N) is 1. The van der Waals surface area contributed by atoms with Gasteiger partial charge in [-0.05, 0) is 11.6 Å². The quantitative estimate of drug-likeness (QED) is 0.836. The predicted octanol–water partition coefficient (Wildman–Crippen LogP) is 1.54. The number of nitrogens with zero attached hydrogens (tertiary/aromatic N) is 1. The molecule has 2 rings (SSSR count). The van der Waals surface area contributed by atoms with Crippen molar-refractivity contribution in [2.75, 3.05) is 6.61 Å². The third-order valence-electron chi connectivity index (χ3n) is 2.69. The maximum absolute atomic E-state index is 11.9. The highest BCUT2D eigenvalue weighted by Crippen LogP contribution is 2.19. The molecule has 0 unspecified atom stereocenters. The number of hydrogen-bond donors (Lipinski definition) is 2. The van der Waals surface area contributed by atoms with Crippen LogP contribution >= 0.6 is 0 Å². The molecule has 2 aromatic heterocycles. The number of pyridine rings is 1. The summed E-state index contributed by atoms with van der Waals surface area (Å²) in [5.74, 6) is -1.08. The molecule has 0 bridgehead atoms. The van der Waals surface area contributed by atoms with Gasteiger partial charge in [0.2, 0.25) is 0 Å². The Kier molecular flexibility index (Phi) is 3.93. The molecule has 1 atom stereocenters. The van der Waals surface area contributed by atoms with Crippen molar-refractivity contribution < 1.29 is 22.7 Å². The van der Waals surface area contributed by atoms with Crippen LogP contribution in [0.5, 0.6) is 0 Å². The van der Waals surface area contributed by atoms with Crippen LogP contribution in [-0.4, -0.2) is 34.8 Å². The molecule has 0 saturated carbocycles. The maximum atomic E-state index is 11.9. The number of rotatable bonds is 4. The average Bonchev–Trinajstić information content (AvgIpc) is 2.78. The van der Waals surface area contributed by atoms with Crippen molar-refractivity contribution in [2.24, 2.45) is 5.73 Å². The van der Waals surface area contributed by atoms with Crippen molar-refractivity contribution in [3.63, 3.8) is 0 Å². The molecule has 0 aliphatic heterocycles. The Morgan fingerprint density at radius 2 is 2.25 bits per heavy atom. The van der Waals surface area contributed by atoms with Crippen molar-refractivity contribution in [1.82, 2.24) is 9.97 Å². The smallest absolute Gasteiger partial charge is 0.422 e. The summed E-state index contributed by atoms with van der Waals surface area (Å²) < 4.78 is 39.9. The molecule has 2 heterocycles. The van der Waals surface area contributed by atoms with Gasteiger partial charge in [0.25, 0.3) is 0 Å². The van der Waals surface area contributed by atoms with E-state index in [1.54, 1.807) is 24.7 Å². The molecule has 0 fully saturated rings. The number of esters is 1. The summed E-state index contributed by atoms with van der Waals surface area (Å²) in [5, 5.41) is 0.819. The molecular weight excluding hydrogens is 275 g/mol. The van der Waals surface area contributed by atoms with E-state index in [0.717, 1.165) is 16.5 Å². The third kappa shape index (κ3) is 3.47. The highest BCUT2D eigenvalue weighted by atomic mass is 19.4. The number of aromatic amines is 1. The number of alkyl halides is 3. The summed E-state index contributed by atoms with van der Waals surface area (Å²) in [5.41, 5.74) is 7.04. The number of aromatic nitrogens is 2. The highest BCUT2D eigenvalue weighted by Gasteiger charge is 2.30. The molecule has 3 N–H and O–H groups in total. The van der Waals surface area contributed by atoms with Gasteiger partial charge in [-0.15, -0.1) is 0 Å². The Hall–Kier alpha value is -2.09. The summed E-state index contributed by atoms with van der Waals surface area (Å²) >= 11 is 0. The lowest BCUT2D eigenvalue weighted by Gasteiger charge is -2.12. The molecular formula is C12H12F3N3O2. The summed E-state index contributed by atoms with van der Waals surface area (Å²) in [7, 11) is 0. The van der Waals surface area contributed by atoms with Gasteiger partial charge in [0.05, 0.1) is 11.7 Å². The van der Waals surface area contributed by atoms with Gasteiger partial charge in [-0.25, -0.2) is 0 Å². The molecule has 108 valence electrons. The second kappa shape index (κ2) is 5.49. The zero-order chi connectivity index (χ0) is 14.8. The average molecular weight is 287 g/mol. The van der Waals surface area contributed by atoms with Crippen LogP contribution in [0.3, 0.4) is 0 Å². The summed E-state index contributed by atoms with van der Waals surface area (Å²) in [4.78, 5) is 18.2. The maximum Gasteiger partial charge on any atom is 0.422 e. The van der Waals surface area contributed by atoms with E-state index < -0.39 is 24.8 Å². The van der Waals surface area contributed by atoms with Crippen molar-refractivity contribution in [2.45, 2.75) is 18.6 Å². The monoisotopic (exact) mass is 287 g/mol. The first-order chi connectivity index (χ1) is 9.37. The Balaban J connectivity index is 2.00. The van der Waals surface area contributed by atoms with E-state index in [0.29, 0.717) is 0 Å². The first-order valence-corrected chi connectivity index (χ1v) is 5.76. The van der Waals surface area contributed by atoms with Crippen LogP contribution in [0, 0.1) is 0 Å². The van der Waals surface area contributed by atoms with E-state index in [1.807, 2.05) is 0 Å². The zero-order valence-electron chi connectivity index (χ0n) is 10.3. The van der Waals surface area contributed by atoms with Gasteiger partial charge in [0, 0.05) is 24.2 Å². The first-order valence-electron chi connectivity index (χ1n) is 5.76. The number of halogens is 3. The minimum Gasteiger partial charge on any atom is -0.455 e. The van der Waals surface area contributed by atoms with Gasteiger partial charge in [-0.3, -0.25) is 9.78 Å². The van der Waals surface area contributed by atoms with E-state index in [9.17, 15) is 18.0 Å². The topological polar surface area (TPSA) is 81.0 Å². The Morgan fingerprint density at radius 3 is 2.95 bits per heavy atom. The van der Waals surface area contributed by atoms with Crippen molar-refractivity contribution in [3.8, 4) is 0 Å². The molecule has 0 spiro atoms. The number of carbonyl (C=O) groups is 1. The fourth-order valence-corrected chi connectivity index (χ4v) is 1.78. The molecule has 0 aliphatic carbocycles. The van der Waals surface area contributed by atoms with Gasteiger partial charge in [-0.1, -0.05) is 0 Å². The fraction of sp³-hybridized carbons (Fsp3) is 0.333. The SMILES string of the molecule is N[C@@H](Cc1c[nH]c2cnccc12)C(=O)OCC(F)(F)F. The molecule has 0 radical (unpaired) electrons. The van der Waals surface area contributed by atoms with Crippen LogP contribution in [0.2, 0.25) is 0 Å². The highest BCUT2D eigenvalue weighted by molar-refractivity contribution is 5.83. The van der Waals surface area contributed by atoms with Gasteiger partial charge in [0.1, 0.15) is 6.04 Å². The molecule has 0 aromatic carbocycles. The van der Waals surface area contributed by atoms with Crippen molar-refractivity contribution >= 4 is 16.9 Å². The Morgan fingerprint density at radius 1 is 1.50 bits per heavy atom. The predicted molar refractivity (Wildman–Crippen MR) is 64.8 cm³/mol. The molecule has 0 saturated heterocycles. The summed E-state index contributed by atoms with van der Waals surface area (Å²) in [6.45, 7) is -1.63. The van der Waals surface area contributed by atoms with Crippen molar-refractivity contribution in [3.05, 3.63) is 30.2 Å². The summed E-state index contributed by atoms with van der Waals surface area (Å²) in [6.07, 6.45) is 0.352. The molecule has 0 aliphatic rings. The minimum atomic E-state index is -4.55. The lowest BCUT2D eigenvalue weighted by molar-refractivity contribution is -0.187. The van der Waals surface area contributed by atoms with E-state index in [-0.39, 0.29) is 6.42 Å². The molecule has 8 heteroatoms.